The number of aryl methyl sites for hydroxylation is 1. The van der Waals surface area contributed by atoms with Crippen LogP contribution in [0.3, 0.4) is 0 Å². The van der Waals surface area contributed by atoms with Crippen molar-refractivity contribution in [3.05, 3.63) is 46.5 Å². The summed E-state index contributed by atoms with van der Waals surface area (Å²) in [5.41, 5.74) is 1.09. The van der Waals surface area contributed by atoms with Crippen LogP contribution in [-0.2, 0) is 11.3 Å². The topological polar surface area (TPSA) is 94.4 Å². The zero-order valence-corrected chi connectivity index (χ0v) is 13.8. The number of para-hydroxylation sites is 2. The Bertz CT molecular complexity index is 970. The third-order valence-corrected chi connectivity index (χ3v) is 4.52. The van der Waals surface area contributed by atoms with Crippen molar-refractivity contribution in [2.24, 2.45) is 0 Å². The highest BCUT2D eigenvalue weighted by Gasteiger charge is 2.32. The van der Waals surface area contributed by atoms with Crippen LogP contribution in [-0.4, -0.2) is 32.1 Å². The molecule has 1 fully saturated rings. The number of amides is 1. The average molecular weight is 342 g/mol. The maximum Gasteiger partial charge on any atom is 0.420 e. The fourth-order valence-corrected chi connectivity index (χ4v) is 3.33. The maximum absolute atomic E-state index is 12.9. The van der Waals surface area contributed by atoms with Gasteiger partial charge in [0.05, 0.1) is 5.52 Å². The summed E-state index contributed by atoms with van der Waals surface area (Å²) in [5, 5.41) is 3.82. The molecule has 1 aromatic carbocycles. The highest BCUT2D eigenvalue weighted by Crippen LogP contribution is 2.30. The van der Waals surface area contributed by atoms with Crippen molar-refractivity contribution < 1.29 is 13.7 Å². The molecule has 0 saturated carbocycles. The molecule has 1 unspecified atom stereocenters. The molecule has 3 aromatic rings. The number of nitrogens with zero attached hydrogens (tertiary/aromatic N) is 4. The molecule has 0 aliphatic carbocycles. The van der Waals surface area contributed by atoms with Gasteiger partial charge in [0, 0.05) is 6.54 Å². The van der Waals surface area contributed by atoms with Gasteiger partial charge in [-0.3, -0.25) is 9.36 Å². The third kappa shape index (κ3) is 2.84. The number of aromatic nitrogens is 3. The molecule has 3 heterocycles. The van der Waals surface area contributed by atoms with E-state index in [1.54, 1.807) is 30.0 Å². The largest absolute Gasteiger partial charge is 0.420 e. The van der Waals surface area contributed by atoms with E-state index >= 15 is 0 Å². The summed E-state index contributed by atoms with van der Waals surface area (Å²) in [7, 11) is 0. The molecule has 2 aromatic heterocycles. The van der Waals surface area contributed by atoms with E-state index in [2.05, 4.69) is 10.1 Å². The van der Waals surface area contributed by atoms with Gasteiger partial charge in [0.1, 0.15) is 12.6 Å². The summed E-state index contributed by atoms with van der Waals surface area (Å²) in [5.74, 6) is 0.311. The van der Waals surface area contributed by atoms with Gasteiger partial charge in [-0.25, -0.2) is 4.79 Å². The summed E-state index contributed by atoms with van der Waals surface area (Å²) in [6, 6.07) is 6.83. The Labute approximate surface area is 143 Å². The Kier molecular flexibility index (Phi) is 3.87. The Morgan fingerprint density at radius 1 is 1.32 bits per heavy atom. The predicted octanol–water partition coefficient (Wildman–Crippen LogP) is 2.04. The van der Waals surface area contributed by atoms with Gasteiger partial charge in [0.25, 0.3) is 0 Å². The van der Waals surface area contributed by atoms with Crippen LogP contribution in [0.2, 0.25) is 0 Å². The first-order valence-corrected chi connectivity index (χ1v) is 8.31. The predicted molar refractivity (Wildman–Crippen MR) is 87.8 cm³/mol. The first-order chi connectivity index (χ1) is 12.1. The summed E-state index contributed by atoms with van der Waals surface area (Å²) >= 11 is 0. The molecule has 1 saturated heterocycles. The fraction of sp³-hybridized carbons (Fsp3) is 0.412. The number of carbonyl (C=O) groups excluding carboxylic acids is 1. The zero-order chi connectivity index (χ0) is 17.4. The molecule has 1 aliphatic rings. The number of benzene rings is 1. The van der Waals surface area contributed by atoms with E-state index in [1.807, 2.05) is 6.07 Å². The molecule has 0 bridgehead atoms. The number of rotatable bonds is 3. The van der Waals surface area contributed by atoms with Gasteiger partial charge in [-0.1, -0.05) is 17.3 Å². The molecule has 1 aliphatic heterocycles. The van der Waals surface area contributed by atoms with E-state index in [1.165, 1.54) is 4.57 Å². The minimum Gasteiger partial charge on any atom is -0.408 e. The van der Waals surface area contributed by atoms with Crippen molar-refractivity contribution in [3.8, 4) is 0 Å². The van der Waals surface area contributed by atoms with Gasteiger partial charge in [-0.15, -0.1) is 0 Å². The molecule has 130 valence electrons. The van der Waals surface area contributed by atoms with E-state index in [4.69, 9.17) is 8.94 Å². The second-order valence-corrected chi connectivity index (χ2v) is 6.20. The highest BCUT2D eigenvalue weighted by atomic mass is 16.5. The molecule has 4 rings (SSSR count). The third-order valence-electron chi connectivity index (χ3n) is 4.52. The summed E-state index contributed by atoms with van der Waals surface area (Å²) < 4.78 is 11.8. The van der Waals surface area contributed by atoms with Crippen molar-refractivity contribution in [1.29, 1.82) is 0 Å². The SMILES string of the molecule is Cc1noc(C2CCCCN2C(=O)Cn2c(=O)oc3ccccc32)n1. The quantitative estimate of drug-likeness (QED) is 0.723. The summed E-state index contributed by atoms with van der Waals surface area (Å²) in [6.45, 7) is 2.29. The van der Waals surface area contributed by atoms with Crippen LogP contribution in [0.25, 0.3) is 11.1 Å². The van der Waals surface area contributed by atoms with E-state index < -0.39 is 5.76 Å². The van der Waals surface area contributed by atoms with Crippen molar-refractivity contribution in [1.82, 2.24) is 19.6 Å². The molecule has 8 nitrogen and oxygen atoms in total. The molecule has 25 heavy (non-hydrogen) atoms. The van der Waals surface area contributed by atoms with Crippen molar-refractivity contribution in [2.45, 2.75) is 38.8 Å². The van der Waals surface area contributed by atoms with Gasteiger partial charge in [-0.2, -0.15) is 4.98 Å². The molecule has 0 radical (unpaired) electrons. The number of oxazole rings is 1. The summed E-state index contributed by atoms with van der Waals surface area (Å²) in [6.07, 6.45) is 2.68. The van der Waals surface area contributed by atoms with Crippen LogP contribution >= 0.6 is 0 Å². The summed E-state index contributed by atoms with van der Waals surface area (Å²) in [4.78, 5) is 31.0. The second-order valence-electron chi connectivity index (χ2n) is 6.20. The van der Waals surface area contributed by atoms with E-state index in [0.717, 1.165) is 19.3 Å². The highest BCUT2D eigenvalue weighted by molar-refractivity contribution is 5.80. The van der Waals surface area contributed by atoms with Gasteiger partial charge in [0.15, 0.2) is 11.4 Å². The second kappa shape index (κ2) is 6.19. The number of fused-ring (bicyclic) bond motifs is 1. The number of piperidine rings is 1. The van der Waals surface area contributed by atoms with Crippen molar-refractivity contribution in [3.63, 3.8) is 0 Å². The van der Waals surface area contributed by atoms with Gasteiger partial charge < -0.3 is 13.8 Å². The molecule has 0 spiro atoms. The lowest BCUT2D eigenvalue weighted by Gasteiger charge is -2.33. The molecular formula is C17H18N4O4. The van der Waals surface area contributed by atoms with Crippen LogP contribution in [0.5, 0.6) is 0 Å². The van der Waals surface area contributed by atoms with Gasteiger partial charge in [-0.05, 0) is 38.3 Å². The van der Waals surface area contributed by atoms with E-state index in [9.17, 15) is 9.59 Å². The van der Waals surface area contributed by atoms with Crippen LogP contribution in [0.15, 0.2) is 38.0 Å². The molecule has 1 amide bonds. The normalized spacial score (nSPS) is 18.0. The van der Waals surface area contributed by atoms with E-state index in [0.29, 0.717) is 29.4 Å². The first-order valence-electron chi connectivity index (χ1n) is 8.31. The Morgan fingerprint density at radius 2 is 2.16 bits per heavy atom. The molecular weight excluding hydrogens is 324 g/mol. The van der Waals surface area contributed by atoms with E-state index in [-0.39, 0.29) is 18.5 Å². The van der Waals surface area contributed by atoms with Crippen molar-refractivity contribution in [2.75, 3.05) is 6.54 Å². The zero-order valence-electron chi connectivity index (χ0n) is 13.8. The lowest BCUT2D eigenvalue weighted by atomic mass is 10.0. The molecule has 0 N–H and O–H groups in total. The lowest BCUT2D eigenvalue weighted by Crippen LogP contribution is -2.41. The Balaban J connectivity index is 1.62. The van der Waals surface area contributed by atoms with Gasteiger partial charge >= 0.3 is 5.76 Å². The smallest absolute Gasteiger partial charge is 0.408 e. The minimum absolute atomic E-state index is 0.0700. The maximum atomic E-state index is 12.9. The Morgan fingerprint density at radius 3 is 2.96 bits per heavy atom. The monoisotopic (exact) mass is 342 g/mol. The first kappa shape index (κ1) is 15.6. The van der Waals surface area contributed by atoms with Crippen LogP contribution in [0.4, 0.5) is 0 Å². The lowest BCUT2D eigenvalue weighted by molar-refractivity contribution is -0.136. The minimum atomic E-state index is -0.531. The number of hydrogen-bond acceptors (Lipinski definition) is 6. The van der Waals surface area contributed by atoms with Crippen LogP contribution in [0.1, 0.15) is 37.0 Å². The average Bonchev–Trinajstić information content (AvgIpc) is 3.19. The van der Waals surface area contributed by atoms with Gasteiger partial charge in [0.2, 0.25) is 11.8 Å². The van der Waals surface area contributed by atoms with Crippen molar-refractivity contribution >= 4 is 17.0 Å². The van der Waals surface area contributed by atoms with Crippen LogP contribution in [0, 0.1) is 6.92 Å². The fourth-order valence-electron chi connectivity index (χ4n) is 3.33. The number of carbonyl (C=O) groups is 1. The Hall–Kier alpha value is -2.90. The molecule has 1 atom stereocenters. The standard InChI is InChI=1S/C17H18N4O4/c1-11-18-16(25-19-11)13-7-4-5-9-20(13)15(22)10-21-12-6-2-3-8-14(12)24-17(21)23/h2-3,6,8,13H,4-5,7,9-10H2,1H3. The van der Waals surface area contributed by atoms with Crippen LogP contribution < -0.4 is 5.76 Å². The number of hydrogen-bond donors (Lipinski definition) is 0. The molecule has 8 heteroatoms. The number of likely N-dealkylation sites (tertiary alicyclic amines) is 1.